The molecule has 2 aromatic carbocycles. The zero-order chi connectivity index (χ0) is 21.1. The van der Waals surface area contributed by atoms with Gasteiger partial charge < -0.3 is 18.9 Å². The molecule has 4 unspecified atom stereocenters. The second-order valence-electron chi connectivity index (χ2n) is 8.08. The summed E-state index contributed by atoms with van der Waals surface area (Å²) in [5.74, 6) is 3.13. The van der Waals surface area contributed by atoms with Crippen LogP contribution in [0.5, 0.6) is 11.5 Å². The second kappa shape index (κ2) is 10.7. The topological polar surface area (TPSA) is 43.5 Å². The molecule has 0 N–H and O–H groups in total. The Labute approximate surface area is 207 Å². The average Bonchev–Trinajstić information content (AvgIpc) is 3.66. The van der Waals surface area contributed by atoms with Crippen molar-refractivity contribution >= 4 is 40.0 Å². The summed E-state index contributed by atoms with van der Waals surface area (Å²) >= 11 is 4.74. The van der Waals surface area contributed by atoms with Gasteiger partial charge in [-0.1, -0.05) is 24.3 Å². The van der Waals surface area contributed by atoms with E-state index in [2.05, 4.69) is 90.2 Å². The van der Waals surface area contributed by atoms with E-state index in [1.54, 1.807) is 0 Å². The Morgan fingerprint density at radius 3 is 1.53 bits per heavy atom. The first-order chi connectivity index (χ1) is 14.6. The Balaban J connectivity index is 0.000000687. The Bertz CT molecular complexity index is 801. The SMILES string of the molecule is Cc1cc(C2CCC(c3ccc(OC4CO4)c(C)c3)C2)ccc1OC1CO1.[I][V][I]. The van der Waals surface area contributed by atoms with Gasteiger partial charge in [0.15, 0.2) is 0 Å². The van der Waals surface area contributed by atoms with E-state index < -0.39 is 0 Å². The molecular formula is C23H26I2O4V. The van der Waals surface area contributed by atoms with Gasteiger partial charge in [0.25, 0.3) is 0 Å². The number of hydrogen-bond acceptors (Lipinski definition) is 4. The van der Waals surface area contributed by atoms with Gasteiger partial charge in [-0.3, -0.25) is 0 Å². The summed E-state index contributed by atoms with van der Waals surface area (Å²) in [5.41, 5.74) is 5.26. The summed E-state index contributed by atoms with van der Waals surface area (Å²) in [6.07, 6.45) is 3.61. The molecule has 7 heteroatoms. The number of epoxide rings is 2. The van der Waals surface area contributed by atoms with Gasteiger partial charge in [0.05, 0.1) is 0 Å². The number of aryl methyl sites for hydroxylation is 2. The third kappa shape index (κ3) is 6.28. The van der Waals surface area contributed by atoms with E-state index in [1.807, 2.05) is 0 Å². The van der Waals surface area contributed by atoms with Gasteiger partial charge in [-0.15, -0.1) is 0 Å². The van der Waals surface area contributed by atoms with E-state index in [-0.39, 0.29) is 12.6 Å². The van der Waals surface area contributed by atoms with Gasteiger partial charge in [0.1, 0.15) is 24.7 Å². The van der Waals surface area contributed by atoms with E-state index in [0.29, 0.717) is 34.5 Å². The van der Waals surface area contributed by atoms with Crippen LogP contribution in [0.15, 0.2) is 36.4 Å². The van der Waals surface area contributed by atoms with Crippen LogP contribution in [-0.4, -0.2) is 25.8 Å². The van der Waals surface area contributed by atoms with E-state index in [9.17, 15) is 0 Å². The maximum absolute atomic E-state index is 5.78. The molecule has 0 amide bonds. The average molecular weight is 671 g/mol. The van der Waals surface area contributed by atoms with Gasteiger partial charge in [0.2, 0.25) is 12.6 Å². The fourth-order valence-electron chi connectivity index (χ4n) is 4.20. The van der Waals surface area contributed by atoms with Crippen LogP contribution >= 0.6 is 40.0 Å². The van der Waals surface area contributed by atoms with Crippen molar-refractivity contribution < 1.29 is 28.4 Å². The van der Waals surface area contributed by atoms with E-state index >= 15 is 0 Å². The first-order valence-corrected chi connectivity index (χ1v) is 19.3. The first kappa shape index (κ1) is 23.2. The van der Waals surface area contributed by atoms with Crippen molar-refractivity contribution in [3.05, 3.63) is 58.7 Å². The molecule has 161 valence electrons. The monoisotopic (exact) mass is 671 g/mol. The van der Waals surface area contributed by atoms with Crippen LogP contribution in [-0.2, 0) is 18.9 Å². The predicted octanol–water partition coefficient (Wildman–Crippen LogP) is 6.59. The van der Waals surface area contributed by atoms with Gasteiger partial charge in [-0.25, -0.2) is 0 Å². The molecule has 2 aromatic rings. The Kier molecular flexibility index (Phi) is 8.30. The van der Waals surface area contributed by atoms with E-state index in [4.69, 9.17) is 18.9 Å². The zero-order valence-electron chi connectivity index (χ0n) is 17.1. The fourth-order valence-corrected chi connectivity index (χ4v) is 4.20. The first-order valence-electron chi connectivity index (χ1n) is 10.3. The van der Waals surface area contributed by atoms with Crippen molar-refractivity contribution in [3.63, 3.8) is 0 Å². The Morgan fingerprint density at radius 1 is 0.800 bits per heavy atom. The molecule has 1 saturated carbocycles. The Morgan fingerprint density at radius 2 is 1.20 bits per heavy atom. The summed E-state index contributed by atoms with van der Waals surface area (Å²) in [4.78, 5) is 0. The van der Waals surface area contributed by atoms with Crippen molar-refractivity contribution in [3.8, 4) is 11.5 Å². The van der Waals surface area contributed by atoms with Crippen molar-refractivity contribution in [2.75, 3.05) is 13.2 Å². The van der Waals surface area contributed by atoms with Crippen LogP contribution in [0.1, 0.15) is 53.4 Å². The number of rotatable bonds is 6. The third-order valence-electron chi connectivity index (χ3n) is 5.90. The van der Waals surface area contributed by atoms with Crippen molar-refractivity contribution in [1.29, 1.82) is 0 Å². The van der Waals surface area contributed by atoms with Gasteiger partial charge in [0, 0.05) is 0 Å². The third-order valence-corrected chi connectivity index (χ3v) is 5.90. The maximum atomic E-state index is 5.78. The van der Waals surface area contributed by atoms with Gasteiger partial charge >= 0.3 is 49.4 Å². The molecule has 30 heavy (non-hydrogen) atoms. The molecule has 4 atom stereocenters. The predicted molar refractivity (Wildman–Crippen MR) is 130 cm³/mol. The molecule has 0 spiro atoms. The quantitative estimate of drug-likeness (QED) is 0.257. The minimum atomic E-state index is -0.0351. The van der Waals surface area contributed by atoms with Crippen LogP contribution in [0.2, 0.25) is 0 Å². The van der Waals surface area contributed by atoms with Crippen molar-refractivity contribution in [2.45, 2.75) is 57.5 Å². The number of hydrogen-bond donors (Lipinski definition) is 0. The molecule has 2 saturated heterocycles. The van der Waals surface area contributed by atoms with Crippen LogP contribution in [0, 0.1) is 13.8 Å². The zero-order valence-corrected chi connectivity index (χ0v) is 22.9. The normalized spacial score (nSPS) is 26.4. The number of ether oxygens (including phenoxy) is 4. The standard InChI is InChI=1S/C23H26O4.2HI.V/c1-14-9-16(5-7-20(14)26-22-12-24-22)18-3-4-19(11-18)17-6-8-21(15(2)10-17)27-23-13-25-23;;;/h5-10,18-19,22-23H,3-4,11-13H2,1-2H3;2*1H;/q;;;+2/p-2. The molecule has 0 radical (unpaired) electrons. The Hall–Kier alpha value is 0.00442. The summed E-state index contributed by atoms with van der Waals surface area (Å²) in [6, 6.07) is 13.3. The van der Waals surface area contributed by atoms with E-state index in [0.717, 1.165) is 11.5 Å². The van der Waals surface area contributed by atoms with Crippen LogP contribution in [0.4, 0.5) is 0 Å². The molecule has 1 aliphatic carbocycles. The second-order valence-corrected chi connectivity index (χ2v) is 19.9. The van der Waals surface area contributed by atoms with Crippen LogP contribution in [0.25, 0.3) is 0 Å². The summed E-state index contributed by atoms with van der Waals surface area (Å²) in [7, 11) is 0.628. The number of halogens is 2. The van der Waals surface area contributed by atoms with Crippen molar-refractivity contribution in [2.24, 2.45) is 0 Å². The van der Waals surface area contributed by atoms with E-state index in [1.165, 1.54) is 41.5 Å². The number of benzene rings is 2. The molecule has 3 fully saturated rings. The molecule has 2 heterocycles. The van der Waals surface area contributed by atoms with Crippen molar-refractivity contribution in [1.82, 2.24) is 0 Å². The summed E-state index contributed by atoms with van der Waals surface area (Å²) < 4.78 is 21.9. The molecule has 3 aliphatic rings. The molecule has 2 aliphatic heterocycles. The van der Waals surface area contributed by atoms with Crippen LogP contribution < -0.4 is 9.47 Å². The summed E-state index contributed by atoms with van der Waals surface area (Å²) in [6.45, 7) is 5.67. The van der Waals surface area contributed by atoms with Gasteiger partial charge in [-0.05, 0) is 79.3 Å². The fraction of sp³-hybridized carbons (Fsp3) is 0.478. The molecule has 4 nitrogen and oxygen atoms in total. The summed E-state index contributed by atoms with van der Waals surface area (Å²) in [5, 5.41) is 0. The minimum absolute atomic E-state index is 0.0351. The molecule has 0 aromatic heterocycles. The molecular weight excluding hydrogens is 645 g/mol. The van der Waals surface area contributed by atoms with Crippen LogP contribution in [0.3, 0.4) is 0 Å². The van der Waals surface area contributed by atoms with Gasteiger partial charge in [-0.2, -0.15) is 0 Å². The molecule has 5 rings (SSSR count). The molecule has 0 bridgehead atoms.